The smallest absolute Gasteiger partial charge is 0.302 e. The van der Waals surface area contributed by atoms with E-state index in [1.807, 2.05) is 23.7 Å². The van der Waals surface area contributed by atoms with E-state index in [4.69, 9.17) is 4.42 Å². The summed E-state index contributed by atoms with van der Waals surface area (Å²) in [7, 11) is 0. The predicted molar refractivity (Wildman–Crippen MR) is 113 cm³/mol. The number of benzene rings is 2. The molecule has 0 saturated heterocycles. The number of carbonyl (C=O) groups excluding carboxylic acids is 1. The van der Waals surface area contributed by atoms with Gasteiger partial charge in [-0.25, -0.2) is 4.98 Å². The summed E-state index contributed by atoms with van der Waals surface area (Å²) in [4.78, 5) is 23.7. The first-order chi connectivity index (χ1) is 14.2. The van der Waals surface area contributed by atoms with Gasteiger partial charge in [0.1, 0.15) is 5.76 Å². The van der Waals surface area contributed by atoms with Crippen molar-refractivity contribution in [1.29, 1.82) is 0 Å². The number of hydrogen-bond acceptors (Lipinski definition) is 6. The molecule has 1 N–H and O–H groups in total. The summed E-state index contributed by atoms with van der Waals surface area (Å²) in [5.41, 5.74) is 5.64. The topological polar surface area (TPSA) is 71.3 Å². The van der Waals surface area contributed by atoms with E-state index in [-0.39, 0.29) is 18.0 Å². The Morgan fingerprint density at radius 3 is 2.97 bits per heavy atom. The van der Waals surface area contributed by atoms with Crippen LogP contribution in [0.2, 0.25) is 0 Å². The molecule has 0 bridgehead atoms. The van der Waals surface area contributed by atoms with Gasteiger partial charge in [-0.1, -0.05) is 24.3 Å². The molecule has 0 saturated carbocycles. The van der Waals surface area contributed by atoms with E-state index < -0.39 is 0 Å². The van der Waals surface area contributed by atoms with Crippen LogP contribution in [0.25, 0.3) is 10.2 Å². The van der Waals surface area contributed by atoms with Gasteiger partial charge in [-0.2, -0.15) is 4.98 Å². The van der Waals surface area contributed by atoms with Crippen molar-refractivity contribution in [3.63, 3.8) is 0 Å². The van der Waals surface area contributed by atoms with Crippen LogP contribution in [0.4, 0.5) is 6.01 Å². The summed E-state index contributed by atoms with van der Waals surface area (Å²) in [5.74, 6) is 0.637. The fourth-order valence-corrected chi connectivity index (χ4v) is 4.37. The lowest BCUT2D eigenvalue weighted by Crippen LogP contribution is -2.32. The molecule has 2 aromatic heterocycles. The van der Waals surface area contributed by atoms with Crippen molar-refractivity contribution in [2.75, 3.05) is 11.9 Å². The van der Waals surface area contributed by atoms with E-state index in [0.717, 1.165) is 29.9 Å². The summed E-state index contributed by atoms with van der Waals surface area (Å²) in [5, 5.41) is 2.77. The normalized spacial score (nSPS) is 15.2. The van der Waals surface area contributed by atoms with E-state index in [0.29, 0.717) is 12.1 Å². The summed E-state index contributed by atoms with van der Waals surface area (Å²) >= 11 is 1.66. The highest BCUT2D eigenvalue weighted by Gasteiger charge is 2.26. The van der Waals surface area contributed by atoms with E-state index in [9.17, 15) is 4.79 Å². The van der Waals surface area contributed by atoms with Crippen molar-refractivity contribution < 1.29 is 9.21 Å². The largest absolute Gasteiger partial charge is 0.428 e. The molecule has 7 heteroatoms. The molecule has 6 nitrogen and oxygen atoms in total. The summed E-state index contributed by atoms with van der Waals surface area (Å²) in [6.07, 6.45) is 0.771. The quantitative estimate of drug-likeness (QED) is 0.536. The maximum Gasteiger partial charge on any atom is 0.302 e. The van der Waals surface area contributed by atoms with E-state index in [1.165, 1.54) is 10.3 Å². The first-order valence-corrected chi connectivity index (χ1v) is 10.5. The molecule has 3 heterocycles. The molecule has 0 fully saturated rings. The lowest BCUT2D eigenvalue weighted by atomic mass is 10.0. The van der Waals surface area contributed by atoms with Crippen LogP contribution in [0.3, 0.4) is 0 Å². The molecule has 1 aliphatic heterocycles. The van der Waals surface area contributed by atoms with Gasteiger partial charge in [0.25, 0.3) is 5.91 Å². The van der Waals surface area contributed by atoms with Crippen LogP contribution < -0.4 is 5.32 Å². The highest BCUT2D eigenvalue weighted by atomic mass is 32.1. The molecule has 0 aliphatic carbocycles. The number of anilines is 1. The van der Waals surface area contributed by atoms with Gasteiger partial charge >= 0.3 is 6.01 Å². The third-order valence-corrected chi connectivity index (χ3v) is 6.21. The summed E-state index contributed by atoms with van der Waals surface area (Å²) in [6.45, 7) is 3.78. The lowest BCUT2D eigenvalue weighted by molar-refractivity contribution is 0.102. The molecule has 2 aromatic carbocycles. The van der Waals surface area contributed by atoms with Crippen LogP contribution in [0.15, 0.2) is 58.5 Å². The van der Waals surface area contributed by atoms with Gasteiger partial charge in [0.05, 0.1) is 21.4 Å². The van der Waals surface area contributed by atoms with Crippen LogP contribution in [0.1, 0.15) is 40.3 Å². The molecular formula is C22H20N4O2S. The van der Waals surface area contributed by atoms with Crippen molar-refractivity contribution in [3.8, 4) is 0 Å². The number of oxazole rings is 1. The molecular weight excluding hydrogens is 384 g/mol. The third kappa shape index (κ3) is 3.54. The minimum Gasteiger partial charge on any atom is -0.428 e. The first kappa shape index (κ1) is 18.0. The highest BCUT2D eigenvalue weighted by molar-refractivity contribution is 7.16. The molecule has 1 aliphatic rings. The van der Waals surface area contributed by atoms with Gasteiger partial charge in [-0.05, 0) is 36.8 Å². The molecule has 1 amide bonds. The first-order valence-electron chi connectivity index (χ1n) is 9.59. The number of carbonyl (C=O) groups is 1. The number of aromatic nitrogens is 2. The number of nitrogens with zero attached hydrogens (tertiary/aromatic N) is 3. The Balaban J connectivity index is 1.31. The number of hydrogen-bond donors (Lipinski definition) is 1. The zero-order chi connectivity index (χ0) is 19.8. The molecule has 1 atom stereocenters. The van der Waals surface area contributed by atoms with Crippen LogP contribution in [-0.4, -0.2) is 27.3 Å². The zero-order valence-electron chi connectivity index (χ0n) is 16.0. The highest BCUT2D eigenvalue weighted by Crippen LogP contribution is 2.30. The SMILES string of the molecule is CC(c1ccc2scnc2c1)N1CCc2oc(NC(=O)c3ccccc3)nc2C1. The van der Waals surface area contributed by atoms with Gasteiger partial charge < -0.3 is 4.42 Å². The Hall–Kier alpha value is -3.03. The lowest BCUT2D eigenvalue weighted by Gasteiger charge is -2.31. The van der Waals surface area contributed by atoms with Crippen LogP contribution in [0, 0.1) is 0 Å². The van der Waals surface area contributed by atoms with Gasteiger partial charge in [-0.15, -0.1) is 11.3 Å². The number of nitrogens with one attached hydrogen (secondary N) is 1. The maximum absolute atomic E-state index is 12.3. The average molecular weight is 404 g/mol. The maximum atomic E-state index is 12.3. The van der Waals surface area contributed by atoms with Crippen molar-refractivity contribution >= 4 is 33.5 Å². The average Bonchev–Trinajstić information content (AvgIpc) is 3.38. The number of fused-ring (bicyclic) bond motifs is 2. The van der Waals surface area contributed by atoms with Gasteiger partial charge in [-0.3, -0.25) is 15.0 Å². The van der Waals surface area contributed by atoms with Crippen LogP contribution >= 0.6 is 11.3 Å². The second-order valence-electron chi connectivity index (χ2n) is 7.19. The fraction of sp³-hybridized carbons (Fsp3) is 0.227. The molecule has 146 valence electrons. The molecule has 1 unspecified atom stereocenters. The van der Waals surface area contributed by atoms with Crippen molar-refractivity contribution in [2.24, 2.45) is 0 Å². The Labute approximate surface area is 172 Å². The molecule has 0 spiro atoms. The Morgan fingerprint density at radius 2 is 2.10 bits per heavy atom. The van der Waals surface area contributed by atoms with Crippen molar-refractivity contribution in [2.45, 2.75) is 25.9 Å². The van der Waals surface area contributed by atoms with Gasteiger partial charge in [0.2, 0.25) is 0 Å². The summed E-state index contributed by atoms with van der Waals surface area (Å²) < 4.78 is 7.01. The fourth-order valence-electron chi connectivity index (χ4n) is 3.71. The van der Waals surface area contributed by atoms with E-state index >= 15 is 0 Å². The minimum atomic E-state index is -0.217. The molecule has 29 heavy (non-hydrogen) atoms. The van der Waals surface area contributed by atoms with E-state index in [1.54, 1.807) is 23.5 Å². The second kappa shape index (κ2) is 7.42. The standard InChI is InChI=1S/C22H20N4O2S/c1-14(16-7-8-20-17(11-16)23-13-29-20)26-10-9-19-18(12-26)24-22(28-19)25-21(27)15-5-3-2-4-6-15/h2-8,11,13-14H,9-10,12H2,1H3,(H,24,25,27). The number of amides is 1. The van der Waals surface area contributed by atoms with E-state index in [2.05, 4.69) is 45.3 Å². The zero-order valence-corrected chi connectivity index (χ0v) is 16.8. The van der Waals surface area contributed by atoms with Crippen molar-refractivity contribution in [1.82, 2.24) is 14.9 Å². The number of thiazole rings is 1. The monoisotopic (exact) mass is 404 g/mol. The second-order valence-corrected chi connectivity index (χ2v) is 8.07. The Bertz CT molecular complexity index is 1170. The predicted octanol–water partition coefficient (Wildman–Crippen LogP) is 4.66. The van der Waals surface area contributed by atoms with Gasteiger partial charge in [0.15, 0.2) is 0 Å². The van der Waals surface area contributed by atoms with Crippen LogP contribution in [-0.2, 0) is 13.0 Å². The summed E-state index contributed by atoms with van der Waals surface area (Å²) in [6, 6.07) is 16.1. The molecule has 0 radical (unpaired) electrons. The van der Waals surface area contributed by atoms with Crippen LogP contribution in [0.5, 0.6) is 0 Å². The minimum absolute atomic E-state index is 0.217. The van der Waals surface area contributed by atoms with Gasteiger partial charge in [0, 0.05) is 31.1 Å². The third-order valence-electron chi connectivity index (χ3n) is 5.40. The Kier molecular flexibility index (Phi) is 4.61. The molecule has 4 aromatic rings. The molecule has 5 rings (SSSR count). The van der Waals surface area contributed by atoms with Crippen molar-refractivity contribution in [3.05, 3.63) is 76.6 Å². The Morgan fingerprint density at radius 1 is 1.24 bits per heavy atom. The number of rotatable bonds is 4.